The number of carbonyl (C=O) groups is 2. The summed E-state index contributed by atoms with van der Waals surface area (Å²) < 4.78 is 0. The molecule has 0 bridgehead atoms. The number of amides is 1. The molecule has 1 aromatic heterocycles. The first-order chi connectivity index (χ1) is 12.6. The lowest BCUT2D eigenvalue weighted by Crippen LogP contribution is -2.24. The number of nitrogens with zero attached hydrogens (tertiary/aromatic N) is 1. The van der Waals surface area contributed by atoms with Gasteiger partial charge in [0.2, 0.25) is 5.91 Å². The van der Waals surface area contributed by atoms with Crippen molar-refractivity contribution in [3.8, 4) is 22.4 Å². The van der Waals surface area contributed by atoms with Crippen LogP contribution in [-0.2, 0) is 16.0 Å². The highest BCUT2D eigenvalue weighted by Gasteiger charge is 2.18. The average molecular weight is 363 g/mol. The Labute approximate surface area is 154 Å². The highest BCUT2D eigenvalue weighted by atomic mass is 32.1. The van der Waals surface area contributed by atoms with Gasteiger partial charge >= 0.3 is 0 Å². The number of hydrogen-bond acceptors (Lipinski definition) is 5. The molecule has 0 atom stereocenters. The fraction of sp³-hybridized carbons (Fsp3) is 0.150. The first-order valence-corrected chi connectivity index (χ1v) is 9.15. The number of rotatable bonds is 5. The zero-order chi connectivity index (χ0) is 18.1. The Kier molecular flexibility index (Phi) is 4.26. The monoisotopic (exact) mass is 363 g/mol. The molecule has 130 valence electrons. The molecule has 4 rings (SSSR count). The number of aliphatic carboxylic acids is 1. The Balaban J connectivity index is 1.51. The molecule has 0 fully saturated rings. The maximum Gasteiger partial charge on any atom is 0.226 e. The topological polar surface area (TPSA) is 82.1 Å². The molecule has 0 unspecified atom stereocenters. The second-order valence-electron chi connectivity index (χ2n) is 6.16. The van der Waals surface area contributed by atoms with E-state index < -0.39 is 5.97 Å². The minimum absolute atomic E-state index is 0.117. The quantitative estimate of drug-likeness (QED) is 0.591. The van der Waals surface area contributed by atoms with Gasteiger partial charge in [0.1, 0.15) is 0 Å². The minimum Gasteiger partial charge on any atom is -0.550 e. The summed E-state index contributed by atoms with van der Waals surface area (Å²) in [5, 5.41) is 15.4. The van der Waals surface area contributed by atoms with E-state index in [4.69, 9.17) is 0 Å². The van der Waals surface area contributed by atoms with Gasteiger partial charge in [-0.3, -0.25) is 4.79 Å². The van der Waals surface area contributed by atoms with Gasteiger partial charge in [-0.05, 0) is 41.2 Å². The van der Waals surface area contributed by atoms with Crippen molar-refractivity contribution in [3.05, 3.63) is 59.0 Å². The fourth-order valence-corrected chi connectivity index (χ4v) is 3.90. The van der Waals surface area contributed by atoms with Crippen LogP contribution in [0.4, 0.5) is 5.13 Å². The molecule has 1 aliphatic rings. The maximum absolute atomic E-state index is 11.7. The van der Waals surface area contributed by atoms with E-state index in [9.17, 15) is 14.7 Å². The van der Waals surface area contributed by atoms with E-state index in [0.29, 0.717) is 5.13 Å². The maximum atomic E-state index is 11.7. The zero-order valence-electron chi connectivity index (χ0n) is 13.8. The lowest BCUT2D eigenvalue weighted by Gasteiger charge is -2.04. The Hall–Kier alpha value is -2.99. The predicted octanol–water partition coefficient (Wildman–Crippen LogP) is 2.85. The van der Waals surface area contributed by atoms with Crippen LogP contribution >= 0.6 is 11.3 Å². The molecule has 5 nitrogen and oxygen atoms in total. The van der Waals surface area contributed by atoms with Crippen LogP contribution in [0.25, 0.3) is 22.4 Å². The van der Waals surface area contributed by atoms with Gasteiger partial charge in [-0.25, -0.2) is 4.98 Å². The molecule has 6 heteroatoms. The molecule has 1 aliphatic carbocycles. The highest BCUT2D eigenvalue weighted by Crippen LogP contribution is 2.38. The third-order valence-corrected chi connectivity index (χ3v) is 5.15. The third-order valence-electron chi connectivity index (χ3n) is 4.40. The SMILES string of the molecule is O=C([O-])CCC(=O)Nc1nc(-c2ccc3c(c2)Cc2ccccc2-3)cs1. The number of thiazole rings is 1. The standard InChI is InChI=1S/C20H16N2O3S/c23-18(7-8-19(24)25)22-20-21-17(11-26-20)13-5-6-16-14(10-13)9-12-3-1-2-4-15(12)16/h1-6,10-11H,7-9H2,(H,24,25)(H,21,22,23)/p-1. The van der Waals surface area contributed by atoms with Crippen LogP contribution in [0.2, 0.25) is 0 Å². The van der Waals surface area contributed by atoms with Crippen LogP contribution < -0.4 is 10.4 Å². The lowest BCUT2D eigenvalue weighted by molar-refractivity contribution is -0.305. The number of anilines is 1. The molecule has 3 aromatic rings. The largest absolute Gasteiger partial charge is 0.550 e. The van der Waals surface area contributed by atoms with Crippen molar-refractivity contribution in [2.75, 3.05) is 5.32 Å². The fourth-order valence-electron chi connectivity index (χ4n) is 3.17. The number of hydrogen-bond donors (Lipinski definition) is 1. The van der Waals surface area contributed by atoms with Crippen molar-refractivity contribution in [3.63, 3.8) is 0 Å². The van der Waals surface area contributed by atoms with Crippen LogP contribution in [0.5, 0.6) is 0 Å². The molecule has 0 radical (unpaired) electrons. The number of carboxylic acids is 1. The molecule has 1 amide bonds. The second-order valence-corrected chi connectivity index (χ2v) is 7.02. The summed E-state index contributed by atoms with van der Waals surface area (Å²) in [7, 11) is 0. The van der Waals surface area contributed by atoms with E-state index in [1.807, 2.05) is 11.4 Å². The van der Waals surface area contributed by atoms with Crippen molar-refractivity contribution in [1.29, 1.82) is 0 Å². The molecule has 1 heterocycles. The predicted molar refractivity (Wildman–Crippen MR) is 98.7 cm³/mol. The summed E-state index contributed by atoms with van der Waals surface area (Å²) in [6, 6.07) is 14.7. The third kappa shape index (κ3) is 3.23. The van der Waals surface area contributed by atoms with Crippen LogP contribution in [0.3, 0.4) is 0 Å². The van der Waals surface area contributed by atoms with E-state index in [-0.39, 0.29) is 18.7 Å². The van der Waals surface area contributed by atoms with Crippen molar-refractivity contribution < 1.29 is 14.7 Å². The van der Waals surface area contributed by atoms with Crippen molar-refractivity contribution in [2.45, 2.75) is 19.3 Å². The number of nitrogens with one attached hydrogen (secondary N) is 1. The first kappa shape index (κ1) is 16.5. The zero-order valence-corrected chi connectivity index (χ0v) is 14.6. The Morgan fingerprint density at radius 1 is 1.08 bits per heavy atom. The first-order valence-electron chi connectivity index (χ1n) is 8.27. The number of carbonyl (C=O) groups excluding carboxylic acids is 2. The van der Waals surface area contributed by atoms with Crippen LogP contribution in [0.15, 0.2) is 47.8 Å². The lowest BCUT2D eigenvalue weighted by atomic mass is 10.0. The van der Waals surface area contributed by atoms with Crippen LogP contribution in [0.1, 0.15) is 24.0 Å². The molecule has 0 saturated carbocycles. The van der Waals surface area contributed by atoms with Crippen molar-refractivity contribution in [1.82, 2.24) is 4.98 Å². The molecule has 0 aliphatic heterocycles. The van der Waals surface area contributed by atoms with Gasteiger partial charge in [-0.2, -0.15) is 0 Å². The molecule has 0 spiro atoms. The summed E-state index contributed by atoms with van der Waals surface area (Å²) in [5.41, 5.74) is 6.95. The highest BCUT2D eigenvalue weighted by molar-refractivity contribution is 7.14. The molecule has 1 N–H and O–H groups in total. The number of aromatic nitrogens is 1. The Morgan fingerprint density at radius 2 is 1.88 bits per heavy atom. The average Bonchev–Trinajstić information content (AvgIpc) is 3.23. The number of fused-ring (bicyclic) bond motifs is 3. The van der Waals surface area contributed by atoms with E-state index in [2.05, 4.69) is 46.7 Å². The van der Waals surface area contributed by atoms with Crippen LogP contribution in [0, 0.1) is 0 Å². The van der Waals surface area contributed by atoms with Crippen molar-refractivity contribution >= 4 is 28.3 Å². The Morgan fingerprint density at radius 3 is 2.73 bits per heavy atom. The molecular formula is C20H15N2O3S-. The molecule has 26 heavy (non-hydrogen) atoms. The summed E-state index contributed by atoms with van der Waals surface area (Å²) in [5.74, 6) is -1.61. The molecular weight excluding hydrogens is 348 g/mol. The van der Waals surface area contributed by atoms with Gasteiger partial charge in [0, 0.05) is 23.3 Å². The van der Waals surface area contributed by atoms with Gasteiger partial charge in [0.15, 0.2) is 5.13 Å². The number of carboxylic acid groups (broad SMARTS) is 1. The van der Waals surface area contributed by atoms with E-state index in [0.717, 1.165) is 17.7 Å². The van der Waals surface area contributed by atoms with Crippen LogP contribution in [-0.4, -0.2) is 16.9 Å². The smallest absolute Gasteiger partial charge is 0.226 e. The van der Waals surface area contributed by atoms with E-state index >= 15 is 0 Å². The van der Waals surface area contributed by atoms with Gasteiger partial charge in [0.25, 0.3) is 0 Å². The minimum atomic E-state index is -1.24. The van der Waals surface area contributed by atoms with Crippen molar-refractivity contribution in [2.24, 2.45) is 0 Å². The van der Waals surface area contributed by atoms with Gasteiger partial charge in [-0.1, -0.05) is 36.4 Å². The summed E-state index contributed by atoms with van der Waals surface area (Å²) in [6.07, 6.45) is 0.500. The van der Waals surface area contributed by atoms with Gasteiger partial charge in [0.05, 0.1) is 5.69 Å². The van der Waals surface area contributed by atoms with E-state index in [1.54, 1.807) is 0 Å². The molecule has 0 saturated heterocycles. The van der Waals surface area contributed by atoms with Gasteiger partial charge in [-0.15, -0.1) is 11.3 Å². The summed E-state index contributed by atoms with van der Waals surface area (Å²) >= 11 is 1.32. The Bertz CT molecular complexity index is 1010. The van der Waals surface area contributed by atoms with Gasteiger partial charge < -0.3 is 15.2 Å². The normalized spacial score (nSPS) is 11.7. The summed E-state index contributed by atoms with van der Waals surface area (Å²) in [6.45, 7) is 0. The second kappa shape index (κ2) is 6.72. The number of benzene rings is 2. The summed E-state index contributed by atoms with van der Waals surface area (Å²) in [4.78, 5) is 26.6. The van der Waals surface area contributed by atoms with E-state index in [1.165, 1.54) is 33.6 Å². The molecule has 2 aromatic carbocycles.